The molecule has 0 radical (unpaired) electrons. The number of fused-ring (bicyclic) bond motifs is 3. The van der Waals surface area contributed by atoms with Crippen molar-refractivity contribution in [2.45, 2.75) is 132 Å². The van der Waals surface area contributed by atoms with Crippen molar-refractivity contribution in [2.24, 2.45) is 17.8 Å². The fraction of sp³-hybridized carbons (Fsp3) is 0.643. The Bertz CT molecular complexity index is 2220. The van der Waals surface area contributed by atoms with Gasteiger partial charge in [0.1, 0.15) is 23.7 Å². The average molecular weight is 896 g/mol. The molecular weight excluding hydrogens is 843 g/mol. The maximum atomic E-state index is 15.0. The lowest BCUT2D eigenvalue weighted by molar-refractivity contribution is -0.372. The summed E-state index contributed by atoms with van der Waals surface area (Å²) in [4.78, 5) is 62.7. The lowest BCUT2D eigenvalue weighted by Gasteiger charge is -2.38. The van der Waals surface area contributed by atoms with Crippen molar-refractivity contribution in [1.29, 1.82) is 0 Å². The predicted octanol–water partition coefficient (Wildman–Crippen LogP) is 5.56. The summed E-state index contributed by atoms with van der Waals surface area (Å²) < 4.78 is 107. The standard InChI is InChI=1S/C42H53F4N5O10S/c1-5-25-18-24(2)10-6-7-11-27-22-40(27,37(54)50-62(56,57)39(3)14-15-39)49-34(52)31-20-28(60-35-29-21-30(43)32(58-4)19-26(29)12-16-47-35)23-51(31)36(53)33(25)48-38(55)61-41(42(44,45)46)13-8-9-17-59-41/h7,11-12,16,19,21,24-25,27-28,31,33H,5-6,8-10,13-15,17-18,20,22-23H2,1-4H3,(H,48,55)(H,49,52)(H,50,54). The van der Waals surface area contributed by atoms with Crippen LogP contribution >= 0.6 is 0 Å². The minimum atomic E-state index is -5.09. The van der Waals surface area contributed by atoms with Crippen molar-refractivity contribution < 1.29 is 64.1 Å². The molecular formula is C42H53F4N5O10S. The van der Waals surface area contributed by atoms with E-state index in [1.54, 1.807) is 19.1 Å². The fourth-order valence-electron chi connectivity index (χ4n) is 8.81. The van der Waals surface area contributed by atoms with E-state index in [9.17, 15) is 40.4 Å². The summed E-state index contributed by atoms with van der Waals surface area (Å²) in [6.45, 7) is 4.62. The summed E-state index contributed by atoms with van der Waals surface area (Å²) in [5, 5.41) is 5.97. The van der Waals surface area contributed by atoms with Gasteiger partial charge in [-0.25, -0.2) is 22.6 Å². The van der Waals surface area contributed by atoms with Gasteiger partial charge in [0.15, 0.2) is 11.6 Å². The number of benzene rings is 1. The molecule has 62 heavy (non-hydrogen) atoms. The van der Waals surface area contributed by atoms with Crippen LogP contribution in [0.5, 0.6) is 11.6 Å². The summed E-state index contributed by atoms with van der Waals surface area (Å²) in [6, 6.07) is 1.31. The van der Waals surface area contributed by atoms with E-state index < -0.39 is 98.3 Å². The van der Waals surface area contributed by atoms with Crippen molar-refractivity contribution in [1.82, 2.24) is 25.2 Å². The van der Waals surface area contributed by atoms with Crippen LogP contribution in [-0.4, -0.2) is 103 Å². The number of rotatable bonds is 9. The highest BCUT2D eigenvalue weighted by Gasteiger charge is 2.64. The van der Waals surface area contributed by atoms with Gasteiger partial charge in [-0.1, -0.05) is 32.4 Å². The van der Waals surface area contributed by atoms with Crippen LogP contribution < -0.4 is 24.8 Å². The number of allylic oxidation sites excluding steroid dienone is 1. The SMILES string of the molecule is CCC1CC(C)CCC=CC2CC2(C(=O)NS(=O)(=O)C2(C)CC2)NC(=O)C2CC(Oc3nccc4cc(OC)c(F)cc34)CN2C(=O)C1NC(=O)OC1(C(F)(F)F)CCCCO1. The van der Waals surface area contributed by atoms with E-state index in [4.69, 9.17) is 18.9 Å². The number of hydrogen-bond donors (Lipinski definition) is 3. The monoisotopic (exact) mass is 895 g/mol. The number of ether oxygens (including phenoxy) is 4. The van der Waals surface area contributed by atoms with Crippen molar-refractivity contribution in [2.75, 3.05) is 20.3 Å². The molecule has 2 aliphatic carbocycles. The van der Waals surface area contributed by atoms with Gasteiger partial charge in [0, 0.05) is 30.3 Å². The minimum absolute atomic E-state index is 0.0259. The normalized spacial score (nSPS) is 31.4. The second-order valence-electron chi connectivity index (χ2n) is 17.5. The molecule has 2 saturated heterocycles. The predicted molar refractivity (Wildman–Crippen MR) is 214 cm³/mol. The molecule has 0 bridgehead atoms. The Morgan fingerprint density at radius 3 is 2.55 bits per heavy atom. The summed E-state index contributed by atoms with van der Waals surface area (Å²) in [7, 11) is -2.80. The first kappa shape index (κ1) is 45.3. The van der Waals surface area contributed by atoms with E-state index in [1.807, 2.05) is 13.0 Å². The topological polar surface area (TPSA) is 192 Å². The van der Waals surface area contributed by atoms with E-state index in [1.165, 1.54) is 32.4 Å². The van der Waals surface area contributed by atoms with Gasteiger partial charge >= 0.3 is 18.1 Å². The molecule has 8 atom stereocenters. The molecule has 3 N–H and O–H groups in total. The summed E-state index contributed by atoms with van der Waals surface area (Å²) in [5.41, 5.74) is -1.70. The molecule has 4 fully saturated rings. The van der Waals surface area contributed by atoms with Gasteiger partial charge in [-0.3, -0.25) is 19.1 Å². The highest BCUT2D eigenvalue weighted by molar-refractivity contribution is 7.91. The number of sulfonamides is 1. The highest BCUT2D eigenvalue weighted by Crippen LogP contribution is 2.48. The third kappa shape index (κ3) is 8.90. The van der Waals surface area contributed by atoms with Gasteiger partial charge < -0.3 is 34.5 Å². The van der Waals surface area contributed by atoms with Crippen LogP contribution in [0.25, 0.3) is 10.8 Å². The number of pyridine rings is 1. The number of nitrogens with one attached hydrogen (secondary N) is 3. The Morgan fingerprint density at radius 1 is 1.13 bits per heavy atom. The molecule has 8 unspecified atom stereocenters. The zero-order valence-electron chi connectivity index (χ0n) is 35.0. The van der Waals surface area contributed by atoms with Crippen LogP contribution in [0.2, 0.25) is 0 Å². The molecule has 4 heterocycles. The Kier molecular flexibility index (Phi) is 12.5. The Balaban J connectivity index is 1.24. The van der Waals surface area contributed by atoms with Crippen LogP contribution in [-0.2, 0) is 33.9 Å². The van der Waals surface area contributed by atoms with E-state index in [-0.39, 0.29) is 61.8 Å². The Morgan fingerprint density at radius 2 is 1.89 bits per heavy atom. The number of aromatic nitrogens is 1. The minimum Gasteiger partial charge on any atom is -0.494 e. The number of nitrogens with zero attached hydrogens (tertiary/aromatic N) is 2. The second-order valence-corrected chi connectivity index (χ2v) is 19.7. The van der Waals surface area contributed by atoms with Crippen molar-refractivity contribution in [3.05, 3.63) is 42.4 Å². The van der Waals surface area contributed by atoms with Gasteiger partial charge in [-0.2, -0.15) is 13.2 Å². The number of amides is 4. The van der Waals surface area contributed by atoms with Gasteiger partial charge in [0.25, 0.3) is 5.91 Å². The van der Waals surface area contributed by atoms with Crippen molar-refractivity contribution in [3.63, 3.8) is 0 Å². The van der Waals surface area contributed by atoms with Gasteiger partial charge in [0.2, 0.25) is 27.7 Å². The highest BCUT2D eigenvalue weighted by atomic mass is 32.2. The summed E-state index contributed by atoms with van der Waals surface area (Å²) >= 11 is 0. The second kappa shape index (κ2) is 17.1. The molecule has 4 amide bonds. The lowest BCUT2D eigenvalue weighted by atomic mass is 9.85. The number of methoxy groups -OCH3 is 1. The van der Waals surface area contributed by atoms with Crippen LogP contribution in [0.4, 0.5) is 22.4 Å². The largest absolute Gasteiger partial charge is 0.494 e. The van der Waals surface area contributed by atoms with E-state index >= 15 is 4.79 Å². The van der Waals surface area contributed by atoms with Crippen molar-refractivity contribution >= 4 is 44.6 Å². The molecule has 7 rings (SSSR count). The smallest absolute Gasteiger partial charge is 0.455 e. The van der Waals surface area contributed by atoms with Crippen LogP contribution in [0, 0.1) is 23.6 Å². The average Bonchev–Trinajstić information content (AvgIpc) is 4.10. The number of alkyl halides is 3. The van der Waals surface area contributed by atoms with Crippen LogP contribution in [0.1, 0.15) is 91.4 Å². The Labute approximate surface area is 357 Å². The number of halogens is 4. The molecule has 1 aromatic carbocycles. The molecule has 2 aromatic rings. The molecule has 15 nitrogen and oxygen atoms in total. The first-order chi connectivity index (χ1) is 29.2. The molecule has 20 heteroatoms. The van der Waals surface area contributed by atoms with E-state index in [2.05, 4.69) is 20.3 Å². The zero-order valence-corrected chi connectivity index (χ0v) is 35.8. The molecule has 0 spiro atoms. The summed E-state index contributed by atoms with van der Waals surface area (Å²) in [6.07, 6.45) is -0.546. The first-order valence-corrected chi connectivity index (χ1v) is 22.6. The van der Waals surface area contributed by atoms with Gasteiger partial charge in [0.05, 0.1) is 25.0 Å². The van der Waals surface area contributed by atoms with Crippen LogP contribution in [0.3, 0.4) is 0 Å². The fourth-order valence-corrected chi connectivity index (χ4v) is 10.1. The third-order valence-corrected chi connectivity index (χ3v) is 15.2. The maximum Gasteiger partial charge on any atom is 0.455 e. The lowest BCUT2D eigenvalue weighted by Crippen LogP contribution is -2.60. The van der Waals surface area contributed by atoms with E-state index in [0.29, 0.717) is 43.9 Å². The molecule has 3 aliphatic heterocycles. The molecule has 1 aromatic heterocycles. The third-order valence-electron chi connectivity index (χ3n) is 13.1. The molecule has 2 saturated carbocycles. The van der Waals surface area contributed by atoms with Gasteiger partial charge in [-0.15, -0.1) is 0 Å². The number of hydrogen-bond acceptors (Lipinski definition) is 11. The zero-order chi connectivity index (χ0) is 44.8. The number of alkyl carbamates (subject to hydrolysis) is 1. The first-order valence-electron chi connectivity index (χ1n) is 21.1. The number of carbonyl (C=O) groups excluding carboxylic acids is 4. The Hall–Kier alpha value is -4.72. The van der Waals surface area contributed by atoms with Crippen molar-refractivity contribution in [3.8, 4) is 11.6 Å². The van der Waals surface area contributed by atoms with E-state index in [0.717, 1.165) is 4.90 Å². The number of carbonyl (C=O) groups is 4. The quantitative estimate of drug-likeness (QED) is 0.211. The maximum absolute atomic E-state index is 15.0. The van der Waals surface area contributed by atoms with Gasteiger partial charge in [-0.05, 0) is 93.7 Å². The van der Waals surface area contributed by atoms with Crippen LogP contribution in [0.15, 0.2) is 36.5 Å². The molecule has 340 valence electrons. The molecule has 5 aliphatic rings. The summed E-state index contributed by atoms with van der Waals surface area (Å²) in [5.74, 6) is -7.91.